The van der Waals surface area contributed by atoms with Gasteiger partial charge in [0.2, 0.25) is 5.91 Å². The summed E-state index contributed by atoms with van der Waals surface area (Å²) < 4.78 is 5.04. The summed E-state index contributed by atoms with van der Waals surface area (Å²) in [6.07, 6.45) is 0. The van der Waals surface area contributed by atoms with Gasteiger partial charge in [0.1, 0.15) is 6.61 Å². The second kappa shape index (κ2) is 7.49. The van der Waals surface area contributed by atoms with Gasteiger partial charge in [0.25, 0.3) is 0 Å². The number of urea groups is 1. The van der Waals surface area contributed by atoms with E-state index in [2.05, 4.69) is 10.6 Å². The summed E-state index contributed by atoms with van der Waals surface area (Å²) in [6, 6.07) is 9.47. The molecule has 20 heavy (non-hydrogen) atoms. The number of morpholine rings is 1. The number of carbonyl (C=O) groups is 2. The van der Waals surface area contributed by atoms with E-state index >= 15 is 0 Å². The van der Waals surface area contributed by atoms with E-state index in [-0.39, 0.29) is 18.5 Å². The van der Waals surface area contributed by atoms with Crippen LogP contribution in [0.15, 0.2) is 30.3 Å². The van der Waals surface area contributed by atoms with Crippen LogP contribution in [0.3, 0.4) is 0 Å². The van der Waals surface area contributed by atoms with E-state index < -0.39 is 0 Å². The SMILES string of the molecule is O=C(NCCN1CCOCC1=O)NCc1ccccc1. The van der Waals surface area contributed by atoms with Crippen molar-refractivity contribution >= 4 is 11.9 Å². The maximum absolute atomic E-state index is 11.6. The van der Waals surface area contributed by atoms with E-state index in [4.69, 9.17) is 4.74 Å². The molecule has 2 rings (SSSR count). The minimum absolute atomic E-state index is 0.0252. The Labute approximate surface area is 118 Å². The van der Waals surface area contributed by atoms with Crippen LogP contribution < -0.4 is 10.6 Å². The molecule has 1 aliphatic rings. The van der Waals surface area contributed by atoms with Crippen LogP contribution in [0.4, 0.5) is 4.79 Å². The van der Waals surface area contributed by atoms with Gasteiger partial charge in [-0.2, -0.15) is 0 Å². The topological polar surface area (TPSA) is 70.7 Å². The number of nitrogens with zero attached hydrogens (tertiary/aromatic N) is 1. The molecule has 0 saturated carbocycles. The van der Waals surface area contributed by atoms with Crippen molar-refractivity contribution in [1.29, 1.82) is 0 Å². The van der Waals surface area contributed by atoms with E-state index in [0.29, 0.717) is 32.8 Å². The molecule has 1 saturated heterocycles. The standard InChI is InChI=1S/C14H19N3O3/c18-13-11-20-9-8-17(13)7-6-15-14(19)16-10-12-4-2-1-3-5-12/h1-5H,6-11H2,(H2,15,16,19). The minimum atomic E-state index is -0.227. The lowest BCUT2D eigenvalue weighted by Gasteiger charge is -2.26. The highest BCUT2D eigenvalue weighted by Crippen LogP contribution is 1.98. The average Bonchev–Trinajstić information content (AvgIpc) is 2.48. The van der Waals surface area contributed by atoms with Crippen molar-refractivity contribution in [3.63, 3.8) is 0 Å². The number of benzene rings is 1. The smallest absolute Gasteiger partial charge is 0.315 e. The van der Waals surface area contributed by atoms with Crippen LogP contribution in [0.2, 0.25) is 0 Å². The average molecular weight is 277 g/mol. The Balaban J connectivity index is 1.61. The zero-order chi connectivity index (χ0) is 14.2. The number of carbonyl (C=O) groups excluding carboxylic acids is 2. The van der Waals surface area contributed by atoms with Gasteiger partial charge in [0, 0.05) is 26.2 Å². The van der Waals surface area contributed by atoms with Gasteiger partial charge >= 0.3 is 6.03 Å². The second-order valence-corrected chi connectivity index (χ2v) is 4.53. The zero-order valence-corrected chi connectivity index (χ0v) is 11.3. The molecule has 3 amide bonds. The summed E-state index contributed by atoms with van der Waals surface area (Å²) in [5, 5.41) is 5.51. The Morgan fingerprint density at radius 1 is 1.25 bits per heavy atom. The number of hydrogen-bond donors (Lipinski definition) is 2. The lowest BCUT2D eigenvalue weighted by molar-refractivity contribution is -0.142. The number of rotatable bonds is 5. The van der Waals surface area contributed by atoms with Crippen molar-refractivity contribution in [2.24, 2.45) is 0 Å². The van der Waals surface area contributed by atoms with E-state index in [1.54, 1.807) is 4.90 Å². The van der Waals surface area contributed by atoms with Crippen LogP contribution >= 0.6 is 0 Å². The Morgan fingerprint density at radius 3 is 2.80 bits per heavy atom. The number of amides is 3. The van der Waals surface area contributed by atoms with E-state index in [1.165, 1.54) is 0 Å². The van der Waals surface area contributed by atoms with Crippen LogP contribution in [-0.4, -0.2) is 49.7 Å². The zero-order valence-electron chi connectivity index (χ0n) is 11.3. The molecule has 6 heteroatoms. The predicted molar refractivity (Wildman–Crippen MR) is 74.1 cm³/mol. The van der Waals surface area contributed by atoms with Crippen molar-refractivity contribution in [3.05, 3.63) is 35.9 Å². The number of ether oxygens (including phenoxy) is 1. The molecule has 0 unspecified atom stereocenters. The fraction of sp³-hybridized carbons (Fsp3) is 0.429. The third-order valence-electron chi connectivity index (χ3n) is 3.05. The van der Waals surface area contributed by atoms with Gasteiger partial charge in [-0.15, -0.1) is 0 Å². The van der Waals surface area contributed by atoms with Crippen LogP contribution in [0.25, 0.3) is 0 Å². The third-order valence-corrected chi connectivity index (χ3v) is 3.05. The molecule has 0 atom stereocenters. The molecule has 1 heterocycles. The normalized spacial score (nSPS) is 15.0. The summed E-state index contributed by atoms with van der Waals surface area (Å²) in [4.78, 5) is 24.7. The molecule has 6 nitrogen and oxygen atoms in total. The monoisotopic (exact) mass is 277 g/mol. The van der Waals surface area contributed by atoms with Crippen molar-refractivity contribution < 1.29 is 14.3 Å². The maximum atomic E-state index is 11.6. The molecule has 108 valence electrons. The van der Waals surface area contributed by atoms with Gasteiger partial charge in [-0.05, 0) is 5.56 Å². The first kappa shape index (κ1) is 14.3. The fourth-order valence-electron chi connectivity index (χ4n) is 1.93. The highest BCUT2D eigenvalue weighted by Gasteiger charge is 2.17. The van der Waals surface area contributed by atoms with E-state index in [0.717, 1.165) is 5.56 Å². The first-order valence-electron chi connectivity index (χ1n) is 6.67. The number of hydrogen-bond acceptors (Lipinski definition) is 3. The number of nitrogens with one attached hydrogen (secondary N) is 2. The van der Waals surface area contributed by atoms with Gasteiger partial charge in [-0.3, -0.25) is 4.79 Å². The summed E-state index contributed by atoms with van der Waals surface area (Å²) in [7, 11) is 0. The van der Waals surface area contributed by atoms with Gasteiger partial charge in [-0.1, -0.05) is 30.3 Å². The molecule has 0 aliphatic carbocycles. The van der Waals surface area contributed by atoms with Crippen LogP contribution in [0.1, 0.15) is 5.56 Å². The van der Waals surface area contributed by atoms with Crippen LogP contribution in [-0.2, 0) is 16.1 Å². The molecule has 0 spiro atoms. The summed E-state index contributed by atoms with van der Waals surface area (Å²) in [5.74, 6) is -0.0252. The van der Waals surface area contributed by atoms with Gasteiger partial charge in [0.15, 0.2) is 0 Å². The van der Waals surface area contributed by atoms with E-state index in [1.807, 2.05) is 30.3 Å². The molecule has 0 bridgehead atoms. The highest BCUT2D eigenvalue weighted by molar-refractivity contribution is 5.78. The third kappa shape index (κ3) is 4.55. The lowest BCUT2D eigenvalue weighted by Crippen LogP contribution is -2.46. The summed E-state index contributed by atoms with van der Waals surface area (Å²) in [5.41, 5.74) is 1.05. The first-order chi connectivity index (χ1) is 9.75. The second-order valence-electron chi connectivity index (χ2n) is 4.53. The van der Waals surface area contributed by atoms with Gasteiger partial charge < -0.3 is 20.3 Å². The fourth-order valence-corrected chi connectivity index (χ4v) is 1.93. The Morgan fingerprint density at radius 2 is 2.05 bits per heavy atom. The largest absolute Gasteiger partial charge is 0.370 e. The van der Waals surface area contributed by atoms with E-state index in [9.17, 15) is 9.59 Å². The summed E-state index contributed by atoms with van der Waals surface area (Å²) in [6.45, 7) is 2.73. The molecule has 1 fully saturated rings. The Hall–Kier alpha value is -2.08. The maximum Gasteiger partial charge on any atom is 0.315 e. The van der Waals surface area contributed by atoms with Gasteiger partial charge in [0.05, 0.1) is 6.61 Å². The minimum Gasteiger partial charge on any atom is -0.370 e. The van der Waals surface area contributed by atoms with Crippen LogP contribution in [0, 0.1) is 0 Å². The Bertz CT molecular complexity index is 450. The molecule has 0 radical (unpaired) electrons. The summed E-state index contributed by atoms with van der Waals surface area (Å²) >= 11 is 0. The van der Waals surface area contributed by atoms with Crippen molar-refractivity contribution in [2.75, 3.05) is 32.8 Å². The Kier molecular flexibility index (Phi) is 5.37. The van der Waals surface area contributed by atoms with Crippen molar-refractivity contribution in [2.45, 2.75) is 6.54 Å². The molecule has 1 aromatic rings. The van der Waals surface area contributed by atoms with Crippen LogP contribution in [0.5, 0.6) is 0 Å². The van der Waals surface area contributed by atoms with Crippen molar-refractivity contribution in [3.8, 4) is 0 Å². The quantitative estimate of drug-likeness (QED) is 0.815. The molecular weight excluding hydrogens is 258 g/mol. The molecule has 0 aromatic heterocycles. The first-order valence-corrected chi connectivity index (χ1v) is 6.67. The van der Waals surface area contributed by atoms with Gasteiger partial charge in [-0.25, -0.2) is 4.79 Å². The highest BCUT2D eigenvalue weighted by atomic mass is 16.5. The lowest BCUT2D eigenvalue weighted by atomic mass is 10.2. The molecule has 2 N–H and O–H groups in total. The molecule has 1 aliphatic heterocycles. The van der Waals surface area contributed by atoms with Crippen molar-refractivity contribution in [1.82, 2.24) is 15.5 Å². The molecule has 1 aromatic carbocycles. The molecular formula is C14H19N3O3. The predicted octanol–water partition coefficient (Wildman–Crippen LogP) is 0.345.